The summed E-state index contributed by atoms with van der Waals surface area (Å²) in [5.74, 6) is -1.45. The average molecular weight is 264 g/mol. The molecule has 1 atom stereocenters. The summed E-state index contributed by atoms with van der Waals surface area (Å²) in [6.07, 6.45) is 1.46. The maximum absolute atomic E-state index is 11.7. The lowest BCUT2D eigenvalue weighted by Gasteiger charge is -2.25. The summed E-state index contributed by atoms with van der Waals surface area (Å²) in [4.78, 5) is 11.7. The first-order valence-electron chi connectivity index (χ1n) is 6.46. The van der Waals surface area contributed by atoms with Crippen LogP contribution in [0, 0.1) is 0 Å². The lowest BCUT2D eigenvalue weighted by Crippen LogP contribution is -2.30. The highest BCUT2D eigenvalue weighted by Gasteiger charge is 2.35. The van der Waals surface area contributed by atoms with E-state index < -0.39 is 11.2 Å². The molecule has 19 heavy (non-hydrogen) atoms. The molecule has 1 heterocycles. The fourth-order valence-corrected chi connectivity index (χ4v) is 2.37. The van der Waals surface area contributed by atoms with Gasteiger partial charge in [0.15, 0.2) is 5.79 Å². The van der Waals surface area contributed by atoms with Crippen molar-refractivity contribution in [3.05, 3.63) is 35.4 Å². The molecule has 1 unspecified atom stereocenters. The number of benzene rings is 1. The minimum atomic E-state index is -1.17. The topological polar surface area (TPSA) is 55.8 Å². The second-order valence-corrected chi connectivity index (χ2v) is 5.43. The zero-order valence-corrected chi connectivity index (χ0v) is 11.6. The van der Waals surface area contributed by atoms with Gasteiger partial charge in [0, 0.05) is 12.0 Å². The standard InChI is InChI=1S/C15H20O4/c1-14(2,13(16)18-3)11-5-7-12(8-6-11)15(17)9-4-10-19-15/h5-8,17H,4,9-10H2,1-3H3. The van der Waals surface area contributed by atoms with Crippen LogP contribution in [0.15, 0.2) is 24.3 Å². The van der Waals surface area contributed by atoms with E-state index in [2.05, 4.69) is 0 Å². The quantitative estimate of drug-likeness (QED) is 0.849. The minimum Gasteiger partial charge on any atom is -0.468 e. The molecule has 0 aromatic heterocycles. The molecule has 0 amide bonds. The van der Waals surface area contributed by atoms with Gasteiger partial charge in [-0.15, -0.1) is 0 Å². The Bertz CT molecular complexity index is 456. The summed E-state index contributed by atoms with van der Waals surface area (Å²) < 4.78 is 10.2. The highest BCUT2D eigenvalue weighted by molar-refractivity contribution is 5.82. The molecule has 4 heteroatoms. The molecule has 1 fully saturated rings. The number of esters is 1. The summed E-state index contributed by atoms with van der Waals surface area (Å²) >= 11 is 0. The number of hydrogen-bond donors (Lipinski definition) is 1. The van der Waals surface area contributed by atoms with Crippen molar-refractivity contribution in [2.45, 2.75) is 37.9 Å². The lowest BCUT2D eigenvalue weighted by atomic mass is 9.84. The molecule has 1 aliphatic rings. The minimum absolute atomic E-state index is 0.281. The van der Waals surface area contributed by atoms with Crippen molar-refractivity contribution in [1.82, 2.24) is 0 Å². The largest absolute Gasteiger partial charge is 0.468 e. The fourth-order valence-electron chi connectivity index (χ4n) is 2.37. The first kappa shape index (κ1) is 14.0. The first-order valence-corrected chi connectivity index (χ1v) is 6.46. The van der Waals surface area contributed by atoms with Gasteiger partial charge >= 0.3 is 5.97 Å². The van der Waals surface area contributed by atoms with Gasteiger partial charge in [-0.05, 0) is 25.8 Å². The average Bonchev–Trinajstić information content (AvgIpc) is 2.86. The number of hydrogen-bond acceptors (Lipinski definition) is 4. The van der Waals surface area contributed by atoms with Crippen LogP contribution in [-0.2, 0) is 25.5 Å². The Morgan fingerprint density at radius 2 is 2.00 bits per heavy atom. The SMILES string of the molecule is COC(=O)C(C)(C)c1ccc(C2(O)CCCO2)cc1. The van der Waals surface area contributed by atoms with Crippen LogP contribution in [0.4, 0.5) is 0 Å². The third kappa shape index (κ3) is 2.51. The highest BCUT2D eigenvalue weighted by atomic mass is 16.6. The monoisotopic (exact) mass is 264 g/mol. The molecular weight excluding hydrogens is 244 g/mol. The van der Waals surface area contributed by atoms with Crippen LogP contribution in [0.3, 0.4) is 0 Å². The normalized spacial score (nSPS) is 23.4. The Kier molecular flexibility index (Phi) is 3.65. The Balaban J connectivity index is 2.26. The third-order valence-electron chi connectivity index (χ3n) is 3.75. The molecule has 1 aromatic rings. The summed E-state index contributed by atoms with van der Waals surface area (Å²) in [6, 6.07) is 7.30. The molecule has 0 saturated carbocycles. The van der Waals surface area contributed by atoms with E-state index in [0.717, 1.165) is 17.5 Å². The van der Waals surface area contributed by atoms with Crippen LogP contribution in [0.2, 0.25) is 0 Å². The second kappa shape index (κ2) is 4.94. The number of ether oxygens (including phenoxy) is 2. The van der Waals surface area contributed by atoms with Crippen molar-refractivity contribution in [2.24, 2.45) is 0 Å². The van der Waals surface area contributed by atoms with Crippen LogP contribution < -0.4 is 0 Å². The summed E-state index contributed by atoms with van der Waals surface area (Å²) in [5, 5.41) is 10.3. The Hall–Kier alpha value is -1.39. The van der Waals surface area contributed by atoms with Gasteiger partial charge in [-0.3, -0.25) is 4.79 Å². The molecule has 0 radical (unpaired) electrons. The van der Waals surface area contributed by atoms with Gasteiger partial charge in [-0.25, -0.2) is 0 Å². The van der Waals surface area contributed by atoms with E-state index >= 15 is 0 Å². The summed E-state index contributed by atoms with van der Waals surface area (Å²) in [7, 11) is 1.38. The van der Waals surface area contributed by atoms with Gasteiger partial charge in [0.2, 0.25) is 0 Å². The van der Waals surface area contributed by atoms with Crippen molar-refractivity contribution in [1.29, 1.82) is 0 Å². The molecule has 0 aliphatic carbocycles. The van der Waals surface area contributed by atoms with E-state index in [1.165, 1.54) is 7.11 Å². The molecule has 2 rings (SSSR count). The Morgan fingerprint density at radius 1 is 1.37 bits per heavy atom. The van der Waals surface area contributed by atoms with E-state index in [4.69, 9.17) is 9.47 Å². The zero-order chi connectivity index (χ0) is 14.1. The van der Waals surface area contributed by atoms with Gasteiger partial charge in [-0.1, -0.05) is 24.3 Å². The van der Waals surface area contributed by atoms with Crippen molar-refractivity contribution < 1.29 is 19.4 Å². The van der Waals surface area contributed by atoms with E-state index in [0.29, 0.717) is 13.0 Å². The number of carbonyl (C=O) groups is 1. The van der Waals surface area contributed by atoms with E-state index in [-0.39, 0.29) is 5.97 Å². The predicted molar refractivity (Wildman–Crippen MR) is 70.6 cm³/mol. The molecule has 1 N–H and O–H groups in total. The van der Waals surface area contributed by atoms with Gasteiger partial charge in [0.1, 0.15) is 0 Å². The Labute approximate surface area is 113 Å². The van der Waals surface area contributed by atoms with Gasteiger partial charge < -0.3 is 14.6 Å². The lowest BCUT2D eigenvalue weighted by molar-refractivity contribution is -0.179. The van der Waals surface area contributed by atoms with Crippen LogP contribution in [0.1, 0.15) is 37.8 Å². The van der Waals surface area contributed by atoms with E-state index in [1.807, 2.05) is 38.1 Å². The summed E-state index contributed by atoms with van der Waals surface area (Å²) in [5.41, 5.74) is 0.881. The van der Waals surface area contributed by atoms with E-state index in [9.17, 15) is 9.90 Å². The third-order valence-corrected chi connectivity index (χ3v) is 3.75. The molecule has 1 aromatic carbocycles. The van der Waals surface area contributed by atoms with Crippen LogP contribution in [0.25, 0.3) is 0 Å². The predicted octanol–water partition coefficient (Wildman–Crippen LogP) is 2.09. The molecule has 104 valence electrons. The Morgan fingerprint density at radius 3 is 2.47 bits per heavy atom. The van der Waals surface area contributed by atoms with E-state index in [1.54, 1.807) is 0 Å². The number of carbonyl (C=O) groups excluding carboxylic acids is 1. The smallest absolute Gasteiger partial charge is 0.315 e. The summed E-state index contributed by atoms with van der Waals surface area (Å²) in [6.45, 7) is 4.20. The van der Waals surface area contributed by atoms with Crippen LogP contribution in [0.5, 0.6) is 0 Å². The number of methoxy groups -OCH3 is 1. The molecule has 0 bridgehead atoms. The first-order chi connectivity index (χ1) is 8.90. The van der Waals surface area contributed by atoms with Crippen LogP contribution in [-0.4, -0.2) is 24.8 Å². The van der Waals surface area contributed by atoms with Crippen LogP contribution >= 0.6 is 0 Å². The zero-order valence-electron chi connectivity index (χ0n) is 11.6. The molecule has 4 nitrogen and oxygen atoms in total. The maximum atomic E-state index is 11.7. The number of rotatable bonds is 3. The van der Waals surface area contributed by atoms with Gasteiger partial charge in [-0.2, -0.15) is 0 Å². The maximum Gasteiger partial charge on any atom is 0.315 e. The molecule has 0 spiro atoms. The highest BCUT2D eigenvalue weighted by Crippen LogP contribution is 2.34. The fraction of sp³-hybridized carbons (Fsp3) is 0.533. The van der Waals surface area contributed by atoms with Crippen molar-refractivity contribution in [3.8, 4) is 0 Å². The molecule has 1 saturated heterocycles. The molecular formula is C15H20O4. The van der Waals surface area contributed by atoms with Crippen molar-refractivity contribution in [2.75, 3.05) is 13.7 Å². The van der Waals surface area contributed by atoms with Gasteiger partial charge in [0.05, 0.1) is 19.1 Å². The van der Waals surface area contributed by atoms with Gasteiger partial charge in [0.25, 0.3) is 0 Å². The van der Waals surface area contributed by atoms with Crippen molar-refractivity contribution >= 4 is 5.97 Å². The number of aliphatic hydroxyl groups is 1. The van der Waals surface area contributed by atoms with Crippen molar-refractivity contribution in [3.63, 3.8) is 0 Å². The second-order valence-electron chi connectivity index (χ2n) is 5.43. The molecule has 1 aliphatic heterocycles.